The summed E-state index contributed by atoms with van der Waals surface area (Å²) >= 11 is 0. The Morgan fingerprint density at radius 1 is 1.17 bits per heavy atom. The van der Waals surface area contributed by atoms with Crippen LogP contribution in [-0.2, 0) is 0 Å². The first kappa shape index (κ1) is 14.8. The van der Waals surface area contributed by atoms with Gasteiger partial charge in [-0.1, -0.05) is 12.1 Å². The highest BCUT2D eigenvalue weighted by Crippen LogP contribution is 2.12. The van der Waals surface area contributed by atoms with E-state index in [1.807, 2.05) is 49.4 Å². The lowest BCUT2D eigenvalue weighted by Crippen LogP contribution is -2.14. The Labute approximate surface area is 132 Å². The van der Waals surface area contributed by atoms with Crippen LogP contribution in [-0.4, -0.2) is 22.8 Å². The maximum absolute atomic E-state index is 12.0. The minimum Gasteiger partial charge on any atom is -0.497 e. The molecule has 6 heteroatoms. The summed E-state index contributed by atoms with van der Waals surface area (Å²) in [4.78, 5) is 19.1. The van der Waals surface area contributed by atoms with Crippen LogP contribution in [0.3, 0.4) is 0 Å². The summed E-state index contributed by atoms with van der Waals surface area (Å²) in [5, 5.41) is 4.23. The highest BCUT2D eigenvalue weighted by Gasteiger charge is 2.04. The SMILES string of the molecule is COc1ccc(C(C)=NNc2nc3ccccc3[nH]c2=O)cc1. The quantitative estimate of drug-likeness (QED) is 0.574. The summed E-state index contributed by atoms with van der Waals surface area (Å²) in [6.07, 6.45) is 0. The van der Waals surface area contributed by atoms with Crippen molar-refractivity contribution in [2.45, 2.75) is 6.92 Å². The number of nitrogens with zero attached hydrogens (tertiary/aromatic N) is 2. The van der Waals surface area contributed by atoms with E-state index in [2.05, 4.69) is 20.5 Å². The molecule has 0 fully saturated rings. The summed E-state index contributed by atoms with van der Waals surface area (Å²) in [7, 11) is 1.62. The average molecular weight is 308 g/mol. The Morgan fingerprint density at radius 3 is 2.65 bits per heavy atom. The lowest BCUT2D eigenvalue weighted by atomic mass is 10.1. The lowest BCUT2D eigenvalue weighted by molar-refractivity contribution is 0.415. The number of ether oxygens (including phenoxy) is 1. The molecular formula is C17H16N4O2. The molecule has 0 atom stereocenters. The lowest BCUT2D eigenvalue weighted by Gasteiger charge is -2.05. The summed E-state index contributed by atoms with van der Waals surface area (Å²) in [6.45, 7) is 1.85. The molecule has 2 aromatic carbocycles. The Balaban J connectivity index is 1.86. The minimum absolute atomic E-state index is 0.163. The minimum atomic E-state index is -0.310. The fraction of sp³-hybridized carbons (Fsp3) is 0.118. The van der Waals surface area contributed by atoms with Gasteiger partial charge in [0.15, 0.2) is 0 Å². The monoisotopic (exact) mass is 308 g/mol. The van der Waals surface area contributed by atoms with Crippen molar-refractivity contribution in [2.24, 2.45) is 5.10 Å². The van der Waals surface area contributed by atoms with Crippen molar-refractivity contribution >= 4 is 22.6 Å². The van der Waals surface area contributed by atoms with Gasteiger partial charge < -0.3 is 9.72 Å². The average Bonchev–Trinajstić information content (AvgIpc) is 2.59. The molecule has 0 unspecified atom stereocenters. The van der Waals surface area contributed by atoms with E-state index < -0.39 is 0 Å². The third-order valence-electron chi connectivity index (χ3n) is 3.44. The Kier molecular flexibility index (Phi) is 4.05. The molecule has 2 N–H and O–H groups in total. The molecule has 3 rings (SSSR count). The van der Waals surface area contributed by atoms with Crippen molar-refractivity contribution in [2.75, 3.05) is 12.5 Å². The van der Waals surface area contributed by atoms with E-state index in [0.717, 1.165) is 17.0 Å². The van der Waals surface area contributed by atoms with E-state index in [4.69, 9.17) is 4.74 Å². The Bertz CT molecular complexity index is 914. The van der Waals surface area contributed by atoms with Crippen LogP contribution in [0, 0.1) is 0 Å². The van der Waals surface area contributed by atoms with Gasteiger partial charge >= 0.3 is 0 Å². The van der Waals surface area contributed by atoms with Crippen molar-refractivity contribution in [3.8, 4) is 5.75 Å². The molecule has 0 bridgehead atoms. The molecule has 0 aliphatic carbocycles. The third kappa shape index (κ3) is 3.21. The molecular weight excluding hydrogens is 292 g/mol. The number of para-hydroxylation sites is 2. The second-order valence-corrected chi connectivity index (χ2v) is 4.97. The number of aromatic amines is 1. The summed E-state index contributed by atoms with van der Waals surface area (Å²) in [6, 6.07) is 14.9. The number of hydrogen-bond acceptors (Lipinski definition) is 5. The first-order valence-corrected chi connectivity index (χ1v) is 7.11. The van der Waals surface area contributed by atoms with E-state index in [1.165, 1.54) is 0 Å². The predicted molar refractivity (Wildman–Crippen MR) is 91.2 cm³/mol. The summed E-state index contributed by atoms with van der Waals surface area (Å²) < 4.78 is 5.12. The van der Waals surface area contributed by atoms with Gasteiger partial charge in [-0.15, -0.1) is 0 Å². The van der Waals surface area contributed by atoms with Crippen LogP contribution in [0.1, 0.15) is 12.5 Å². The fourth-order valence-corrected chi connectivity index (χ4v) is 2.14. The second-order valence-electron chi connectivity index (χ2n) is 4.97. The van der Waals surface area contributed by atoms with Crippen LogP contribution in [0.15, 0.2) is 58.4 Å². The topological polar surface area (TPSA) is 79.4 Å². The van der Waals surface area contributed by atoms with Crippen molar-refractivity contribution in [3.63, 3.8) is 0 Å². The van der Waals surface area contributed by atoms with Crippen LogP contribution >= 0.6 is 0 Å². The van der Waals surface area contributed by atoms with Gasteiger partial charge in [-0.05, 0) is 48.9 Å². The highest BCUT2D eigenvalue weighted by molar-refractivity contribution is 5.99. The van der Waals surface area contributed by atoms with Crippen molar-refractivity contribution in [3.05, 3.63) is 64.4 Å². The molecule has 23 heavy (non-hydrogen) atoms. The van der Waals surface area contributed by atoms with Crippen molar-refractivity contribution in [1.82, 2.24) is 9.97 Å². The zero-order valence-electron chi connectivity index (χ0n) is 12.8. The van der Waals surface area contributed by atoms with Gasteiger partial charge in [0.1, 0.15) is 5.75 Å². The van der Waals surface area contributed by atoms with Gasteiger partial charge in [-0.3, -0.25) is 10.2 Å². The maximum Gasteiger partial charge on any atom is 0.293 e. The number of fused-ring (bicyclic) bond motifs is 1. The van der Waals surface area contributed by atoms with Crippen molar-refractivity contribution < 1.29 is 4.74 Å². The molecule has 0 aliphatic heterocycles. The number of hydrazone groups is 1. The number of anilines is 1. The zero-order chi connectivity index (χ0) is 16.2. The highest BCUT2D eigenvalue weighted by atomic mass is 16.5. The molecule has 0 saturated carbocycles. The summed E-state index contributed by atoms with van der Waals surface area (Å²) in [5.41, 5.74) is 5.48. The number of hydrogen-bond donors (Lipinski definition) is 2. The van der Waals surface area contributed by atoms with Crippen LogP contribution in [0.2, 0.25) is 0 Å². The van der Waals surface area contributed by atoms with Gasteiger partial charge in [0, 0.05) is 0 Å². The van der Waals surface area contributed by atoms with Crippen molar-refractivity contribution in [1.29, 1.82) is 0 Å². The number of H-pyrrole nitrogens is 1. The molecule has 1 heterocycles. The molecule has 6 nitrogen and oxygen atoms in total. The number of rotatable bonds is 4. The zero-order valence-corrected chi connectivity index (χ0v) is 12.8. The number of nitrogens with one attached hydrogen (secondary N) is 2. The first-order valence-electron chi connectivity index (χ1n) is 7.11. The standard InChI is InChI=1S/C17H16N4O2/c1-11(12-7-9-13(23-2)10-8-12)20-21-16-17(22)19-15-6-4-3-5-14(15)18-16/h3-10H,1-2H3,(H,18,21)(H,19,22). The molecule has 0 spiro atoms. The van der Waals surface area contributed by atoms with E-state index in [0.29, 0.717) is 11.0 Å². The van der Waals surface area contributed by atoms with Crippen LogP contribution in [0.5, 0.6) is 5.75 Å². The Hall–Kier alpha value is -3.15. The van der Waals surface area contributed by atoms with Gasteiger partial charge in [0.25, 0.3) is 5.56 Å². The molecule has 0 amide bonds. The van der Waals surface area contributed by atoms with E-state index >= 15 is 0 Å². The molecule has 3 aromatic rings. The second kappa shape index (κ2) is 6.31. The molecule has 116 valence electrons. The van der Waals surface area contributed by atoms with Crippen LogP contribution < -0.4 is 15.7 Å². The fourth-order valence-electron chi connectivity index (χ4n) is 2.14. The van der Waals surface area contributed by atoms with Gasteiger partial charge in [0.05, 0.1) is 23.9 Å². The van der Waals surface area contributed by atoms with Gasteiger partial charge in [0.2, 0.25) is 5.82 Å². The van der Waals surface area contributed by atoms with Gasteiger partial charge in [-0.25, -0.2) is 4.98 Å². The normalized spacial score (nSPS) is 11.5. The molecule has 0 radical (unpaired) electrons. The van der Waals surface area contributed by atoms with Crippen LogP contribution in [0.25, 0.3) is 11.0 Å². The van der Waals surface area contributed by atoms with E-state index in [1.54, 1.807) is 13.2 Å². The third-order valence-corrected chi connectivity index (χ3v) is 3.44. The largest absolute Gasteiger partial charge is 0.497 e. The van der Waals surface area contributed by atoms with E-state index in [-0.39, 0.29) is 11.4 Å². The van der Waals surface area contributed by atoms with E-state index in [9.17, 15) is 4.79 Å². The molecule has 0 saturated heterocycles. The number of methoxy groups -OCH3 is 1. The smallest absolute Gasteiger partial charge is 0.293 e. The maximum atomic E-state index is 12.0. The molecule has 0 aliphatic rings. The number of aromatic nitrogens is 2. The molecule has 1 aromatic heterocycles. The predicted octanol–water partition coefficient (Wildman–Crippen LogP) is 2.77. The van der Waals surface area contributed by atoms with Gasteiger partial charge in [-0.2, -0.15) is 5.10 Å². The summed E-state index contributed by atoms with van der Waals surface area (Å²) in [5.74, 6) is 0.943. The van der Waals surface area contributed by atoms with Crippen LogP contribution in [0.4, 0.5) is 5.82 Å². The Morgan fingerprint density at radius 2 is 1.91 bits per heavy atom. The number of benzene rings is 2. The first-order chi connectivity index (χ1) is 11.2.